The van der Waals surface area contributed by atoms with E-state index in [-0.39, 0.29) is 6.04 Å². The van der Waals surface area contributed by atoms with E-state index in [1.807, 2.05) is 57.9 Å². The Kier molecular flexibility index (Phi) is 5.43. The van der Waals surface area contributed by atoms with Crippen molar-refractivity contribution in [2.45, 2.75) is 39.2 Å². The van der Waals surface area contributed by atoms with Crippen LogP contribution in [0.4, 0.5) is 0 Å². The number of ether oxygens (including phenoxy) is 1. The van der Waals surface area contributed by atoms with Crippen molar-refractivity contribution in [3.8, 4) is 28.8 Å². The lowest BCUT2D eigenvalue weighted by atomic mass is 10.0. The highest BCUT2D eigenvalue weighted by molar-refractivity contribution is 5.70. The monoisotopic (exact) mass is 438 g/mol. The molecule has 5 rings (SSSR count). The molecule has 0 radical (unpaired) electrons. The first-order valence-corrected chi connectivity index (χ1v) is 11.2. The van der Waals surface area contributed by atoms with Gasteiger partial charge in [-0.15, -0.1) is 5.10 Å². The first-order chi connectivity index (χ1) is 16.1. The minimum atomic E-state index is 0.195. The smallest absolute Gasteiger partial charge is 0.144 e. The minimum Gasteiger partial charge on any atom is -0.494 e. The van der Waals surface area contributed by atoms with E-state index >= 15 is 0 Å². The molecule has 1 aliphatic carbocycles. The third kappa shape index (κ3) is 3.89. The number of rotatable bonds is 6. The Morgan fingerprint density at radius 2 is 1.91 bits per heavy atom. The quantitative estimate of drug-likeness (QED) is 0.441. The first-order valence-electron chi connectivity index (χ1n) is 11.2. The topological polar surface area (TPSA) is 81.5 Å². The minimum absolute atomic E-state index is 0.195. The summed E-state index contributed by atoms with van der Waals surface area (Å²) in [5, 5.41) is 23.1. The molecule has 33 heavy (non-hydrogen) atoms. The van der Waals surface area contributed by atoms with Crippen molar-refractivity contribution < 1.29 is 4.74 Å². The zero-order valence-corrected chi connectivity index (χ0v) is 19.1. The Morgan fingerprint density at radius 1 is 1.12 bits per heavy atom. The lowest BCUT2D eigenvalue weighted by Crippen LogP contribution is -2.12. The van der Waals surface area contributed by atoms with Gasteiger partial charge in [0, 0.05) is 23.7 Å². The molecule has 0 spiro atoms. The highest BCUT2D eigenvalue weighted by atomic mass is 16.5. The molecule has 2 aromatic heterocycles. The number of nitriles is 1. The fraction of sp³-hybridized carbons (Fsp3) is 0.308. The Morgan fingerprint density at radius 3 is 2.64 bits per heavy atom. The van der Waals surface area contributed by atoms with Gasteiger partial charge in [0.2, 0.25) is 0 Å². The number of hydrogen-bond donors (Lipinski definition) is 0. The summed E-state index contributed by atoms with van der Waals surface area (Å²) in [6.07, 6.45) is 4.62. The van der Waals surface area contributed by atoms with Gasteiger partial charge < -0.3 is 4.74 Å². The molecule has 7 nitrogen and oxygen atoms in total. The van der Waals surface area contributed by atoms with Crippen molar-refractivity contribution in [2.75, 3.05) is 7.11 Å². The van der Waals surface area contributed by atoms with E-state index < -0.39 is 0 Å². The Labute approximate surface area is 193 Å². The van der Waals surface area contributed by atoms with Crippen LogP contribution in [0, 0.1) is 17.2 Å². The summed E-state index contributed by atoms with van der Waals surface area (Å²) in [5.74, 6) is 1.31. The van der Waals surface area contributed by atoms with Gasteiger partial charge in [-0.05, 0) is 43.0 Å². The number of fused-ring (bicyclic) bond motifs is 1. The largest absolute Gasteiger partial charge is 0.494 e. The molecular formula is C26H26N6O. The van der Waals surface area contributed by atoms with Crippen molar-refractivity contribution in [3.05, 3.63) is 77.2 Å². The van der Waals surface area contributed by atoms with Gasteiger partial charge in [0.15, 0.2) is 0 Å². The lowest BCUT2D eigenvalue weighted by molar-refractivity contribution is 0.411. The van der Waals surface area contributed by atoms with Crippen LogP contribution in [0.5, 0.6) is 5.75 Å². The Hall–Kier alpha value is -3.92. The third-order valence-electron chi connectivity index (χ3n) is 6.09. The van der Waals surface area contributed by atoms with Crippen molar-refractivity contribution >= 4 is 0 Å². The second-order valence-corrected chi connectivity index (χ2v) is 8.90. The van der Waals surface area contributed by atoms with Crippen LogP contribution in [0.1, 0.15) is 42.4 Å². The maximum atomic E-state index is 9.23. The highest BCUT2D eigenvalue weighted by Crippen LogP contribution is 2.39. The molecule has 2 heterocycles. The molecule has 1 aliphatic rings. The van der Waals surface area contributed by atoms with Crippen molar-refractivity contribution in [1.29, 1.82) is 5.26 Å². The van der Waals surface area contributed by atoms with Gasteiger partial charge in [-0.3, -0.25) is 0 Å². The normalized spacial score (nSPS) is 14.9. The number of hydrogen-bond acceptors (Lipinski definition) is 5. The van der Waals surface area contributed by atoms with Crippen molar-refractivity contribution in [1.82, 2.24) is 24.8 Å². The van der Waals surface area contributed by atoms with Crippen LogP contribution >= 0.6 is 0 Å². The molecule has 7 heteroatoms. The number of nitrogens with zero attached hydrogens (tertiary/aromatic N) is 6. The molecule has 166 valence electrons. The molecular weight excluding hydrogens is 412 g/mol. The lowest BCUT2D eigenvalue weighted by Gasteiger charge is -2.15. The third-order valence-corrected chi connectivity index (χ3v) is 6.09. The molecule has 0 bridgehead atoms. The zero-order chi connectivity index (χ0) is 22.9. The number of aromatic nitrogens is 5. The maximum absolute atomic E-state index is 9.23. The van der Waals surface area contributed by atoms with Gasteiger partial charge in [0.25, 0.3) is 0 Å². The summed E-state index contributed by atoms with van der Waals surface area (Å²) in [6.45, 7) is 4.38. The molecule has 0 saturated heterocycles. The molecule has 0 fully saturated rings. The average Bonchev–Trinajstić information content (AvgIpc) is 3.53. The van der Waals surface area contributed by atoms with Crippen LogP contribution in [-0.2, 0) is 19.3 Å². The van der Waals surface area contributed by atoms with Gasteiger partial charge in [0.05, 0.1) is 41.9 Å². The molecule has 2 aromatic carbocycles. The van der Waals surface area contributed by atoms with E-state index in [2.05, 4.69) is 36.4 Å². The van der Waals surface area contributed by atoms with E-state index in [1.165, 1.54) is 5.56 Å². The fourth-order valence-electron chi connectivity index (χ4n) is 4.57. The standard InChI is InChI=1S/C26H26N6O/c1-17(2)12-20-16-31(30-28-20)21-13-22-23(14-21)29-32(24-6-4-5-7-25(24)33-3)26(22)19-10-8-18(15-27)9-11-19/h4-11,16-17,21H,12-14H2,1-3H3/t21-/m0/s1. The maximum Gasteiger partial charge on any atom is 0.144 e. The Bertz CT molecular complexity index is 1330. The van der Waals surface area contributed by atoms with Gasteiger partial charge in [0.1, 0.15) is 11.4 Å². The second kappa shape index (κ2) is 8.55. The van der Waals surface area contributed by atoms with Gasteiger partial charge in [-0.1, -0.05) is 43.3 Å². The average molecular weight is 439 g/mol. The van der Waals surface area contributed by atoms with E-state index in [1.54, 1.807) is 7.11 Å². The van der Waals surface area contributed by atoms with Crippen molar-refractivity contribution in [3.63, 3.8) is 0 Å². The molecule has 0 saturated carbocycles. The van der Waals surface area contributed by atoms with Crippen LogP contribution in [0.2, 0.25) is 0 Å². The number of benzene rings is 2. The second-order valence-electron chi connectivity index (χ2n) is 8.90. The first kappa shape index (κ1) is 21.0. The van der Waals surface area contributed by atoms with Crippen LogP contribution in [0.25, 0.3) is 16.9 Å². The molecule has 0 aliphatic heterocycles. The number of para-hydroxylation sites is 2. The van der Waals surface area contributed by atoms with E-state index in [4.69, 9.17) is 9.84 Å². The van der Waals surface area contributed by atoms with Gasteiger partial charge >= 0.3 is 0 Å². The van der Waals surface area contributed by atoms with Crippen LogP contribution < -0.4 is 4.74 Å². The van der Waals surface area contributed by atoms with Gasteiger partial charge in [-0.2, -0.15) is 10.4 Å². The molecule has 0 unspecified atom stereocenters. The van der Waals surface area contributed by atoms with Crippen molar-refractivity contribution in [2.24, 2.45) is 5.92 Å². The van der Waals surface area contributed by atoms with Crippen LogP contribution in [-0.4, -0.2) is 31.9 Å². The summed E-state index contributed by atoms with van der Waals surface area (Å²) >= 11 is 0. The predicted molar refractivity (Wildman–Crippen MR) is 125 cm³/mol. The SMILES string of the molecule is COc1ccccc1-n1nc2c(c1-c1ccc(C#N)cc1)C[C@H](n1cc(CC(C)C)nn1)C2. The fourth-order valence-corrected chi connectivity index (χ4v) is 4.57. The summed E-state index contributed by atoms with van der Waals surface area (Å²) in [4.78, 5) is 0. The number of methoxy groups -OCH3 is 1. The summed E-state index contributed by atoms with van der Waals surface area (Å²) in [6, 6.07) is 18.0. The molecule has 0 amide bonds. The zero-order valence-electron chi connectivity index (χ0n) is 19.1. The van der Waals surface area contributed by atoms with Crippen LogP contribution in [0.3, 0.4) is 0 Å². The van der Waals surface area contributed by atoms with E-state index in [0.717, 1.165) is 53.3 Å². The summed E-state index contributed by atoms with van der Waals surface area (Å²) < 4.78 is 9.60. The molecule has 1 atom stereocenters. The molecule has 4 aromatic rings. The Balaban J connectivity index is 1.57. The van der Waals surface area contributed by atoms with E-state index in [9.17, 15) is 5.26 Å². The highest BCUT2D eigenvalue weighted by Gasteiger charge is 2.32. The van der Waals surface area contributed by atoms with E-state index in [0.29, 0.717) is 11.5 Å². The summed E-state index contributed by atoms with van der Waals surface area (Å²) in [5.41, 5.74) is 6.88. The van der Waals surface area contributed by atoms with Gasteiger partial charge in [-0.25, -0.2) is 9.36 Å². The predicted octanol–water partition coefficient (Wildman–Crippen LogP) is 4.55. The van der Waals surface area contributed by atoms with Crippen LogP contribution in [0.15, 0.2) is 54.7 Å². The summed E-state index contributed by atoms with van der Waals surface area (Å²) in [7, 11) is 1.67. The molecule has 0 N–H and O–H groups in total.